The molecule has 5 rings (SSSR count). The number of aliphatic hydroxyl groups excluding tert-OH is 1. The molecule has 0 aliphatic carbocycles. The molecule has 7 nitrogen and oxygen atoms in total. The Balaban J connectivity index is 1.66. The van der Waals surface area contributed by atoms with Gasteiger partial charge in [-0.15, -0.1) is 0 Å². The number of imidazole rings is 1. The number of nitrogens with zero attached hydrogens (tertiary/aromatic N) is 3. The highest BCUT2D eigenvalue weighted by atomic mass is 35.5. The third-order valence-electron chi connectivity index (χ3n) is 5.64. The van der Waals surface area contributed by atoms with Crippen molar-refractivity contribution in [3.63, 3.8) is 0 Å². The van der Waals surface area contributed by atoms with E-state index in [2.05, 4.69) is 15.0 Å². The normalized spacial score (nSPS) is 11.4. The number of hydrogen-bond acceptors (Lipinski definition) is 5. The van der Waals surface area contributed by atoms with Crippen molar-refractivity contribution in [2.75, 3.05) is 7.11 Å². The third-order valence-corrected chi connectivity index (χ3v) is 5.85. The zero-order valence-corrected chi connectivity index (χ0v) is 18.7. The fourth-order valence-electron chi connectivity index (χ4n) is 3.97. The van der Waals surface area contributed by atoms with Crippen LogP contribution in [-0.2, 0) is 20.3 Å². The van der Waals surface area contributed by atoms with Crippen LogP contribution in [-0.4, -0.2) is 31.7 Å². The van der Waals surface area contributed by atoms with Crippen molar-refractivity contribution in [2.24, 2.45) is 7.05 Å². The average Bonchev–Trinajstić information content (AvgIpc) is 3.38. The van der Waals surface area contributed by atoms with Gasteiger partial charge in [-0.2, -0.15) is 0 Å². The zero-order valence-electron chi connectivity index (χ0n) is 17.9. The molecule has 0 saturated heterocycles. The molecule has 0 saturated carbocycles. The standard InChI is InChI=1S/C24H20ClFN4O3/c1-30-18-6-4-3-5-17(18)29-20(30)12-33-23-19(32-2)7-13(11-31)22(26)21(23)16-10-28-24-15(16)8-14(25)9-27-24/h3-10,31H,11-12H2,1-2H3,(H,27,28). The summed E-state index contributed by atoms with van der Waals surface area (Å²) in [6, 6.07) is 10.9. The summed E-state index contributed by atoms with van der Waals surface area (Å²) in [5, 5.41) is 10.8. The SMILES string of the molecule is COc1cc(CO)c(F)c(-c2c[nH]c3ncc(Cl)cc23)c1OCc1nc2ccccc2n1C. The van der Waals surface area contributed by atoms with E-state index in [-0.39, 0.29) is 23.5 Å². The molecule has 0 aliphatic heterocycles. The number of aromatic nitrogens is 4. The maximum atomic E-state index is 15.6. The maximum absolute atomic E-state index is 15.6. The lowest BCUT2D eigenvalue weighted by Crippen LogP contribution is -2.07. The second-order valence-corrected chi connectivity index (χ2v) is 7.97. The molecule has 33 heavy (non-hydrogen) atoms. The first-order chi connectivity index (χ1) is 16.0. The van der Waals surface area contributed by atoms with E-state index in [4.69, 9.17) is 21.1 Å². The minimum atomic E-state index is -0.612. The van der Waals surface area contributed by atoms with Gasteiger partial charge < -0.3 is 24.1 Å². The molecule has 168 valence electrons. The molecule has 3 heterocycles. The Morgan fingerprint density at radius 1 is 1.24 bits per heavy atom. The van der Waals surface area contributed by atoms with Crippen molar-refractivity contribution < 1.29 is 19.0 Å². The number of fused-ring (bicyclic) bond motifs is 2. The summed E-state index contributed by atoms with van der Waals surface area (Å²) in [5.74, 6) is 0.539. The van der Waals surface area contributed by atoms with Gasteiger partial charge in [-0.1, -0.05) is 23.7 Å². The minimum Gasteiger partial charge on any atom is -0.493 e. The number of pyridine rings is 1. The monoisotopic (exact) mass is 466 g/mol. The average molecular weight is 467 g/mol. The number of para-hydroxylation sites is 2. The van der Waals surface area contributed by atoms with Crippen molar-refractivity contribution >= 4 is 33.7 Å². The zero-order chi connectivity index (χ0) is 23.1. The van der Waals surface area contributed by atoms with Crippen molar-refractivity contribution in [3.8, 4) is 22.6 Å². The van der Waals surface area contributed by atoms with E-state index >= 15 is 4.39 Å². The topological polar surface area (TPSA) is 85.2 Å². The van der Waals surface area contributed by atoms with Gasteiger partial charge in [0, 0.05) is 36.0 Å². The highest BCUT2D eigenvalue weighted by molar-refractivity contribution is 6.31. The minimum absolute atomic E-state index is 0.0772. The first-order valence-corrected chi connectivity index (χ1v) is 10.6. The van der Waals surface area contributed by atoms with Crippen molar-refractivity contribution in [2.45, 2.75) is 13.2 Å². The molecule has 0 fully saturated rings. The number of methoxy groups -OCH3 is 1. The fourth-order valence-corrected chi connectivity index (χ4v) is 4.12. The lowest BCUT2D eigenvalue weighted by atomic mass is 10.00. The summed E-state index contributed by atoms with van der Waals surface area (Å²) in [5.41, 5.74) is 3.07. The van der Waals surface area contributed by atoms with E-state index in [1.807, 2.05) is 35.9 Å². The number of halogens is 2. The van der Waals surface area contributed by atoms with E-state index < -0.39 is 12.4 Å². The van der Waals surface area contributed by atoms with E-state index in [9.17, 15) is 5.11 Å². The summed E-state index contributed by atoms with van der Waals surface area (Å²) in [7, 11) is 3.36. The quantitative estimate of drug-likeness (QED) is 0.368. The van der Waals surface area contributed by atoms with E-state index in [1.165, 1.54) is 19.4 Å². The molecule has 2 N–H and O–H groups in total. The Morgan fingerprint density at radius 2 is 2.06 bits per heavy atom. The van der Waals surface area contributed by atoms with Crippen molar-refractivity contribution in [3.05, 3.63) is 71.0 Å². The Kier molecular flexibility index (Phi) is 5.39. The van der Waals surface area contributed by atoms with Gasteiger partial charge in [-0.25, -0.2) is 14.4 Å². The van der Waals surface area contributed by atoms with Crippen LogP contribution in [0.25, 0.3) is 33.2 Å². The molecule has 0 radical (unpaired) electrons. The van der Waals surface area contributed by atoms with Crippen LogP contribution in [0.3, 0.4) is 0 Å². The van der Waals surface area contributed by atoms with Gasteiger partial charge in [0.05, 0.1) is 35.3 Å². The van der Waals surface area contributed by atoms with Crippen LogP contribution in [0.5, 0.6) is 11.5 Å². The number of rotatable bonds is 6. The molecule has 2 aromatic carbocycles. The second kappa shape index (κ2) is 8.38. The number of aliphatic hydroxyl groups is 1. The van der Waals surface area contributed by atoms with Crippen LogP contribution in [0.4, 0.5) is 4.39 Å². The number of benzene rings is 2. The van der Waals surface area contributed by atoms with Crippen LogP contribution in [0.1, 0.15) is 11.4 Å². The van der Waals surface area contributed by atoms with Crippen LogP contribution in [0.15, 0.2) is 48.8 Å². The van der Waals surface area contributed by atoms with Crippen molar-refractivity contribution in [1.82, 2.24) is 19.5 Å². The Labute approximate surface area is 193 Å². The first kappa shape index (κ1) is 21.2. The first-order valence-electron chi connectivity index (χ1n) is 10.2. The number of aryl methyl sites for hydroxylation is 1. The molecule has 3 aromatic heterocycles. The van der Waals surface area contributed by atoms with E-state index in [0.29, 0.717) is 33.2 Å². The maximum Gasteiger partial charge on any atom is 0.172 e. The molecule has 5 aromatic rings. The molecule has 0 atom stereocenters. The molecular weight excluding hydrogens is 447 g/mol. The predicted octanol–water partition coefficient (Wildman–Crippen LogP) is 4.99. The fraction of sp³-hybridized carbons (Fsp3) is 0.167. The predicted molar refractivity (Wildman–Crippen MR) is 124 cm³/mol. The molecule has 0 spiro atoms. The Hall–Kier alpha value is -3.62. The lowest BCUT2D eigenvalue weighted by molar-refractivity contribution is 0.264. The molecule has 9 heteroatoms. The van der Waals surface area contributed by atoms with Gasteiger partial charge in [-0.3, -0.25) is 0 Å². The van der Waals surface area contributed by atoms with Gasteiger partial charge in [0.25, 0.3) is 0 Å². The Bertz CT molecular complexity index is 1490. The molecule has 0 aliphatic rings. The van der Waals surface area contributed by atoms with Gasteiger partial charge in [0.1, 0.15) is 23.9 Å². The number of hydrogen-bond donors (Lipinski definition) is 2. The lowest BCUT2D eigenvalue weighted by Gasteiger charge is -2.18. The summed E-state index contributed by atoms with van der Waals surface area (Å²) < 4.78 is 29.2. The van der Waals surface area contributed by atoms with Crippen LogP contribution in [0.2, 0.25) is 5.02 Å². The summed E-state index contributed by atoms with van der Waals surface area (Å²) in [6.45, 7) is -0.421. The second-order valence-electron chi connectivity index (χ2n) is 7.53. The van der Waals surface area contributed by atoms with Gasteiger partial charge >= 0.3 is 0 Å². The highest BCUT2D eigenvalue weighted by Gasteiger charge is 2.25. The van der Waals surface area contributed by atoms with Crippen LogP contribution in [0, 0.1) is 5.82 Å². The van der Waals surface area contributed by atoms with Crippen LogP contribution >= 0.6 is 11.6 Å². The summed E-state index contributed by atoms with van der Waals surface area (Å²) in [4.78, 5) is 11.9. The molecule has 0 amide bonds. The number of aromatic amines is 1. The Morgan fingerprint density at radius 3 is 2.82 bits per heavy atom. The smallest absolute Gasteiger partial charge is 0.172 e. The molecular formula is C24H20ClFN4O3. The van der Waals surface area contributed by atoms with Gasteiger partial charge in [0.15, 0.2) is 11.5 Å². The highest BCUT2D eigenvalue weighted by Crippen LogP contribution is 2.44. The summed E-state index contributed by atoms with van der Waals surface area (Å²) in [6.07, 6.45) is 3.14. The summed E-state index contributed by atoms with van der Waals surface area (Å²) >= 11 is 6.15. The molecule has 0 unspecified atom stereocenters. The van der Waals surface area contributed by atoms with Crippen LogP contribution < -0.4 is 9.47 Å². The number of nitrogens with one attached hydrogen (secondary N) is 1. The largest absolute Gasteiger partial charge is 0.493 e. The van der Waals surface area contributed by atoms with Crippen molar-refractivity contribution in [1.29, 1.82) is 0 Å². The van der Waals surface area contributed by atoms with E-state index in [1.54, 1.807) is 12.3 Å². The molecule has 0 bridgehead atoms. The number of ether oxygens (including phenoxy) is 2. The third kappa shape index (κ3) is 3.57. The van der Waals surface area contributed by atoms with Gasteiger partial charge in [0.2, 0.25) is 0 Å². The van der Waals surface area contributed by atoms with Gasteiger partial charge in [-0.05, 0) is 24.3 Å². The van der Waals surface area contributed by atoms with E-state index in [0.717, 1.165) is 11.0 Å². The number of H-pyrrole nitrogens is 1.